The van der Waals surface area contributed by atoms with E-state index in [1.165, 1.54) is 14.2 Å². The van der Waals surface area contributed by atoms with Crippen molar-refractivity contribution in [1.82, 2.24) is 29.4 Å². The number of methoxy groups -OCH3 is 12. The van der Waals surface area contributed by atoms with Crippen molar-refractivity contribution in [3.05, 3.63) is 139 Å². The predicted molar refractivity (Wildman–Crippen MR) is 547 cm³/mol. The molecule has 0 radical (unpaired) electrons. The molecule has 0 bridgehead atoms. The van der Waals surface area contributed by atoms with Gasteiger partial charge < -0.3 is 87.5 Å². The summed E-state index contributed by atoms with van der Waals surface area (Å²) >= 11 is 0. The van der Waals surface area contributed by atoms with E-state index in [0.717, 1.165) is 63.6 Å². The van der Waals surface area contributed by atoms with Gasteiger partial charge in [-0.3, -0.25) is 29.4 Å². The van der Waals surface area contributed by atoms with E-state index >= 15 is 0 Å². The molecule has 12 aliphatic rings. The highest BCUT2D eigenvalue weighted by Gasteiger charge is 2.47. The minimum absolute atomic E-state index is 0.0406. The average molecular weight is 2000 g/mol. The van der Waals surface area contributed by atoms with E-state index in [1.54, 1.807) is 13.8 Å². The van der Waals surface area contributed by atoms with Crippen molar-refractivity contribution in [3.63, 3.8) is 0 Å². The van der Waals surface area contributed by atoms with Crippen LogP contribution in [0.1, 0.15) is 379 Å². The van der Waals surface area contributed by atoms with Crippen LogP contribution in [0, 0.1) is 70.9 Å². The quantitative estimate of drug-likeness (QED) is 0.0329. The standard InChI is InChI=1S/6C19H29NO3/c6*1-12(2)7-14-11-20-6-5-13-8-18(22-3)19(23-4)9-15(13)16(20)10-17(14)21/h6*8-9,12,14,16-17,21H,5-7,10-11H2,1-4H3/i2*1D3,4D3,5D2,6D2,7D2,8D,9D,11D2,12D;5D2,6D2,8D,9D,10D2,11D2,14D,17D;2*1D3,5D2,6D2,7D2,8D,9D,11D2,12D;4D3,5D2,6D2,8D,9D,11D2. The number of aliphatic hydroxyl groups is 6. The average Bonchev–Trinajstić information content (AvgIpc) is 0.645. The fraction of sp³-hybridized carbons (Fsp3) is 0.684. The van der Waals surface area contributed by atoms with Crippen LogP contribution >= 0.6 is 0 Å². The van der Waals surface area contributed by atoms with Gasteiger partial charge >= 0.3 is 0 Å². The molecular weight excluding hydrogens is 1740 g/mol. The summed E-state index contributed by atoms with van der Waals surface area (Å²) in [7, 11) is 0.569. The molecule has 6 N–H and O–H groups in total. The van der Waals surface area contributed by atoms with Gasteiger partial charge in [0.1, 0.15) is 0 Å². The molecule has 0 amide bonds. The number of benzene rings is 6. The molecule has 22 unspecified atom stereocenters. The summed E-state index contributed by atoms with van der Waals surface area (Å²) in [5, 5.41) is 66.5. The lowest BCUT2D eigenvalue weighted by Gasteiger charge is -2.46. The molecule has 0 aromatic heterocycles. The second kappa shape index (κ2) is 49.1. The third-order valence-electron chi connectivity index (χ3n) is 22.9. The first-order valence-corrected chi connectivity index (χ1v) is 43.5. The first-order valence-electron chi connectivity index (χ1n) is 86.0. The maximum Gasteiger partial charge on any atom is 0.161 e. The van der Waals surface area contributed by atoms with Crippen LogP contribution in [0.15, 0.2) is 72.5 Å². The SMILES string of the molecule is [2H]c1c(OC([2H])([2H])[2H])c(OC)c([2H])c2c1C1CC(O)C(C([2H])([2H])C([2H])(C)C([2H])([2H])[2H])C([2H])([2H])N1C([2H])([2H])C2([2H])[2H].[2H]c1c(OC([2H])([2H])[2H])c(OC)c([2H])c2c1C1CC(O)C(C([2H])([2H])C([2H])(C)C([2H])([2H])[2H])C([2H])([2H])N1C([2H])([2H])C2([2H])[2H].[2H]c1c(OC([2H])([2H])[2H])c(OC)c([2H])c2c1C1CC(O)C(CC(C)C)C([2H])([2H])N1C([2H])([2H])C2([2H])[2H].[2H]c1c(OC)c(OC)c([2H])c2c1C1CC(O)C(C([2H])([2H])C([2H])(C)C([2H])([2H])[2H])C([2H])([2H])N1C([2H])([2H])C2([2H])[2H].[2H]c1c(OC)c(OC)c([2H])c2c1C1CC(O)C(C([2H])([2H])C([2H])(C)C([2H])([2H])[2H])C([2H])([2H])N1C([2H])([2H])C2([2H])[2H].[2H]c1c(OC)c(OC)c([2H])c2c1C1N(C([2H])([2H])C2([2H])[2H])C([2H])([2H])C([2H])(CC(C)C)C([2H])(O)C1([2H])[2H]. The highest BCUT2D eigenvalue weighted by molar-refractivity contribution is 5.55. The van der Waals surface area contributed by atoms with Gasteiger partial charge in [0.15, 0.2) is 69.0 Å². The number of fused-ring (bicyclic) bond motifs is 18. The van der Waals surface area contributed by atoms with E-state index in [0.29, 0.717) is 28.5 Å². The van der Waals surface area contributed by atoms with Crippen molar-refractivity contribution in [2.24, 2.45) is 70.9 Å². The van der Waals surface area contributed by atoms with Gasteiger partial charge in [0, 0.05) is 201 Å². The summed E-state index contributed by atoms with van der Waals surface area (Å²) < 4.78 is 772. The Kier molecular flexibility index (Phi) is 15.0. The van der Waals surface area contributed by atoms with E-state index in [-0.39, 0.29) is 73.1 Å². The molecule has 6 saturated heterocycles. The zero-order valence-electron chi connectivity index (χ0n) is 164. The molecule has 6 aromatic carbocycles. The summed E-state index contributed by atoms with van der Waals surface area (Å²) in [6.45, 7) is -42.5. The van der Waals surface area contributed by atoms with Crippen molar-refractivity contribution >= 4 is 0 Å². The lowest BCUT2D eigenvalue weighted by Crippen LogP contribution is -2.48. The first-order chi connectivity index (χ1) is 99.1. The monoisotopic (exact) mass is 2000 g/mol. The second-order valence-electron chi connectivity index (χ2n) is 33.5. The molecule has 0 spiro atoms. The Morgan fingerprint density at radius 1 is 0.304 bits per heavy atom. The molecule has 0 saturated carbocycles. The Hall–Kier alpha value is -7.56. The summed E-state index contributed by atoms with van der Waals surface area (Å²) in [4.78, 5) is 2.06. The Morgan fingerprint density at radius 3 is 0.725 bits per heavy atom. The smallest absolute Gasteiger partial charge is 0.161 e. The van der Waals surface area contributed by atoms with E-state index in [4.69, 9.17) is 173 Å². The second-order valence-corrected chi connectivity index (χ2v) is 33.5. The number of hydrogen-bond donors (Lipinski definition) is 6. The first kappa shape index (κ1) is 42.2. The highest BCUT2D eigenvalue weighted by Crippen LogP contribution is 2.52. The minimum atomic E-state index is -3.48. The van der Waals surface area contributed by atoms with Crippen molar-refractivity contribution in [2.75, 3.05) is 163 Å². The van der Waals surface area contributed by atoms with Gasteiger partial charge in [0.05, 0.1) is 152 Å². The van der Waals surface area contributed by atoms with Crippen molar-refractivity contribution in [2.45, 2.75) is 271 Å². The zero-order chi connectivity index (χ0) is 174. The lowest BCUT2D eigenvalue weighted by atomic mass is 9.79. The van der Waals surface area contributed by atoms with Gasteiger partial charge in [0.25, 0.3) is 0 Å². The van der Waals surface area contributed by atoms with Crippen molar-refractivity contribution in [1.29, 1.82) is 0 Å². The summed E-state index contributed by atoms with van der Waals surface area (Å²) in [5.41, 5.74) is -6.89. The fourth-order valence-electron chi connectivity index (χ4n) is 16.5. The van der Waals surface area contributed by atoms with Crippen LogP contribution in [0.2, 0.25) is 0 Å². The van der Waals surface area contributed by atoms with Gasteiger partial charge in [-0.15, -0.1) is 0 Å². The molecule has 6 aromatic rings. The topological polar surface area (TPSA) is 252 Å². The molecule has 768 valence electrons. The number of piperidine rings is 6. The summed E-state index contributed by atoms with van der Waals surface area (Å²) in [6.07, 6.45) is -52.1. The van der Waals surface area contributed by atoms with Crippen LogP contribution in [0.3, 0.4) is 0 Å². The highest BCUT2D eigenvalue weighted by atomic mass is 16.5. The third-order valence-corrected chi connectivity index (χ3v) is 22.9. The summed E-state index contributed by atoms with van der Waals surface area (Å²) in [5.74, 6) is -32.3. The number of aliphatic hydroxyl groups excluding tert-OH is 5. The molecule has 0 aliphatic carbocycles. The maximum atomic E-state index is 11.2. The van der Waals surface area contributed by atoms with Gasteiger partial charge in [-0.2, -0.15) is 0 Å². The van der Waals surface area contributed by atoms with Gasteiger partial charge in [-0.25, -0.2) is 0 Å². The molecule has 22 atom stereocenters. The Labute approximate surface area is 946 Å². The van der Waals surface area contributed by atoms with E-state index in [2.05, 4.69) is 0 Å². The Balaban J connectivity index is 0.000000212. The number of rotatable bonds is 24. The van der Waals surface area contributed by atoms with Gasteiger partial charge in [-0.05, 0) is 325 Å². The predicted octanol–water partition coefficient (Wildman–Crippen LogP) is 18.2. The molecule has 138 heavy (non-hydrogen) atoms. The van der Waals surface area contributed by atoms with Gasteiger partial charge in [-0.1, -0.05) is 82.8 Å². The van der Waals surface area contributed by atoms with Crippen LogP contribution in [0.5, 0.6) is 69.0 Å². The van der Waals surface area contributed by atoms with Crippen LogP contribution in [0.4, 0.5) is 0 Å². The van der Waals surface area contributed by atoms with Crippen molar-refractivity contribution < 1.29 is 204 Å². The molecule has 6 fully saturated rings. The third kappa shape index (κ3) is 25.4. The molecule has 18 rings (SSSR count). The number of ether oxygens (including phenoxy) is 12. The van der Waals surface area contributed by atoms with E-state index in [1.807, 2.05) is 13.8 Å². The largest absolute Gasteiger partial charge is 0.493 e. The van der Waals surface area contributed by atoms with Crippen LogP contribution in [-0.2, 0) is 38.2 Å². The van der Waals surface area contributed by atoms with Crippen LogP contribution < -0.4 is 56.8 Å². The van der Waals surface area contributed by atoms with Crippen LogP contribution in [-0.4, -0.2) is 260 Å². The Morgan fingerprint density at radius 2 is 0.507 bits per heavy atom. The van der Waals surface area contributed by atoms with E-state index < -0.39 is 535 Å². The summed E-state index contributed by atoms with van der Waals surface area (Å²) in [6, 6.07) is -19.0. The fourth-order valence-corrected chi connectivity index (χ4v) is 16.5. The molecule has 12 heterocycles. The molecular formula is C114H174N6O18. The maximum absolute atomic E-state index is 11.2. The number of nitrogens with zero attached hydrogens (tertiary/aromatic N) is 6. The molecule has 24 nitrogen and oxygen atoms in total. The lowest BCUT2D eigenvalue weighted by molar-refractivity contribution is -0.0192. The normalized spacial score (nSPS) is 47.3. The molecule has 24 heteroatoms. The zero-order valence-corrected chi connectivity index (χ0v) is 78.6. The van der Waals surface area contributed by atoms with Gasteiger partial charge in [0.2, 0.25) is 0 Å². The van der Waals surface area contributed by atoms with Crippen LogP contribution in [0.25, 0.3) is 0 Å². The molecule has 12 aliphatic heterocycles. The minimum Gasteiger partial charge on any atom is -0.493 e. The number of hydrogen-bond acceptors (Lipinski definition) is 24. The van der Waals surface area contributed by atoms with Crippen molar-refractivity contribution in [3.8, 4) is 69.0 Å². The van der Waals surface area contributed by atoms with E-state index in [9.17, 15) is 30.6 Å². The Bertz CT molecular complexity index is 8820.